The molecule has 160 valence electrons. The van der Waals surface area contributed by atoms with E-state index in [0.717, 1.165) is 22.3 Å². The number of fused-ring (bicyclic) bond motifs is 1. The van der Waals surface area contributed by atoms with Gasteiger partial charge in [0.05, 0.1) is 16.9 Å². The molecule has 7 heteroatoms. The Morgan fingerprint density at radius 1 is 1.00 bits per heavy atom. The molecular formula is C24H24FN3O2S. The number of sulfonamides is 1. The van der Waals surface area contributed by atoms with Crippen LogP contribution in [0.1, 0.15) is 26.3 Å². The average Bonchev–Trinajstić information content (AvgIpc) is 3.05. The van der Waals surface area contributed by atoms with E-state index in [-0.39, 0.29) is 10.7 Å². The van der Waals surface area contributed by atoms with E-state index in [0.29, 0.717) is 11.3 Å². The number of pyridine rings is 1. The number of hydrogen-bond acceptors (Lipinski definition) is 3. The van der Waals surface area contributed by atoms with Gasteiger partial charge in [0.15, 0.2) is 0 Å². The lowest BCUT2D eigenvalue weighted by molar-refractivity contribution is 0.491. The molecule has 0 saturated carbocycles. The molecule has 2 aromatic heterocycles. The molecule has 0 unspecified atom stereocenters. The second kappa shape index (κ2) is 7.59. The van der Waals surface area contributed by atoms with Crippen LogP contribution >= 0.6 is 0 Å². The topological polar surface area (TPSA) is 64.0 Å². The molecule has 0 saturated heterocycles. The first-order valence-electron chi connectivity index (χ1n) is 9.93. The maximum absolute atomic E-state index is 14.2. The van der Waals surface area contributed by atoms with Gasteiger partial charge in [0.25, 0.3) is 0 Å². The molecule has 4 aromatic rings. The number of halogens is 1. The van der Waals surface area contributed by atoms with E-state index in [4.69, 9.17) is 0 Å². The van der Waals surface area contributed by atoms with Gasteiger partial charge in [-0.3, -0.25) is 4.98 Å². The summed E-state index contributed by atoms with van der Waals surface area (Å²) in [4.78, 5) is 4.53. The number of aromatic nitrogens is 2. The average molecular weight is 438 g/mol. The Labute approximate surface area is 181 Å². The molecule has 0 aliphatic heterocycles. The third-order valence-electron chi connectivity index (χ3n) is 4.85. The second-order valence-corrected chi connectivity index (χ2v) is 10.3. The summed E-state index contributed by atoms with van der Waals surface area (Å²) in [6.07, 6.45) is 1.35. The molecule has 2 aromatic carbocycles. The van der Waals surface area contributed by atoms with Gasteiger partial charge in [0, 0.05) is 22.8 Å². The SMILES string of the molecule is Cc1cc2c(cc1F)cc(-c1ccc(S(=O)(=O)NC(C)(C)C)cn1)n2-c1ccccc1. The maximum atomic E-state index is 14.2. The Morgan fingerprint density at radius 3 is 2.32 bits per heavy atom. The van der Waals surface area contributed by atoms with Crippen LogP contribution in [0.5, 0.6) is 0 Å². The second-order valence-electron chi connectivity index (χ2n) is 8.60. The Kier molecular flexibility index (Phi) is 5.19. The van der Waals surface area contributed by atoms with Crippen molar-refractivity contribution in [2.45, 2.75) is 38.1 Å². The van der Waals surface area contributed by atoms with E-state index in [2.05, 4.69) is 9.71 Å². The fourth-order valence-electron chi connectivity index (χ4n) is 3.53. The molecule has 0 bridgehead atoms. The highest BCUT2D eigenvalue weighted by molar-refractivity contribution is 7.89. The molecule has 31 heavy (non-hydrogen) atoms. The quantitative estimate of drug-likeness (QED) is 0.476. The summed E-state index contributed by atoms with van der Waals surface area (Å²) in [6, 6.07) is 18.1. The predicted octanol–water partition coefficient (Wildman–Crippen LogP) is 5.22. The van der Waals surface area contributed by atoms with Crippen molar-refractivity contribution in [2.24, 2.45) is 0 Å². The molecule has 0 spiro atoms. The molecule has 2 heterocycles. The fourth-order valence-corrected chi connectivity index (χ4v) is 4.89. The Hall–Kier alpha value is -3.03. The van der Waals surface area contributed by atoms with Crippen molar-refractivity contribution in [1.29, 1.82) is 0 Å². The lowest BCUT2D eigenvalue weighted by Crippen LogP contribution is -2.40. The number of nitrogens with one attached hydrogen (secondary N) is 1. The van der Waals surface area contributed by atoms with Crippen LogP contribution in [0.2, 0.25) is 0 Å². The van der Waals surface area contributed by atoms with Crippen LogP contribution in [0.4, 0.5) is 4.39 Å². The van der Waals surface area contributed by atoms with Crippen LogP contribution in [0.3, 0.4) is 0 Å². The number of para-hydroxylation sites is 1. The van der Waals surface area contributed by atoms with Gasteiger partial charge in [0.1, 0.15) is 10.7 Å². The normalized spacial score (nSPS) is 12.4. The molecule has 0 aliphatic rings. The predicted molar refractivity (Wildman–Crippen MR) is 121 cm³/mol. The van der Waals surface area contributed by atoms with Crippen molar-refractivity contribution in [2.75, 3.05) is 0 Å². The third-order valence-corrected chi connectivity index (χ3v) is 6.59. The van der Waals surface area contributed by atoms with Crippen LogP contribution in [-0.4, -0.2) is 23.5 Å². The summed E-state index contributed by atoms with van der Waals surface area (Å²) in [5, 5.41) is 0.745. The van der Waals surface area contributed by atoms with Gasteiger partial charge in [-0.25, -0.2) is 17.5 Å². The first-order chi connectivity index (χ1) is 14.5. The summed E-state index contributed by atoms with van der Waals surface area (Å²) in [5.41, 5.74) is 3.06. The van der Waals surface area contributed by atoms with Crippen molar-refractivity contribution >= 4 is 20.9 Å². The maximum Gasteiger partial charge on any atom is 0.242 e. The highest BCUT2D eigenvalue weighted by atomic mass is 32.2. The van der Waals surface area contributed by atoms with Gasteiger partial charge in [-0.1, -0.05) is 18.2 Å². The number of hydrogen-bond donors (Lipinski definition) is 1. The first kappa shape index (κ1) is 21.2. The van der Waals surface area contributed by atoms with Crippen LogP contribution < -0.4 is 4.72 Å². The Morgan fingerprint density at radius 2 is 1.71 bits per heavy atom. The van der Waals surface area contributed by atoms with Crippen molar-refractivity contribution in [3.8, 4) is 17.1 Å². The summed E-state index contributed by atoms with van der Waals surface area (Å²) >= 11 is 0. The van der Waals surface area contributed by atoms with Crippen LogP contribution in [0.25, 0.3) is 28.0 Å². The summed E-state index contributed by atoms with van der Waals surface area (Å²) in [7, 11) is -3.68. The van der Waals surface area contributed by atoms with Crippen molar-refractivity contribution < 1.29 is 12.8 Å². The highest BCUT2D eigenvalue weighted by Gasteiger charge is 2.23. The molecular weight excluding hydrogens is 413 g/mol. The summed E-state index contributed by atoms with van der Waals surface area (Å²) < 4.78 is 44.1. The van der Waals surface area contributed by atoms with E-state index in [1.165, 1.54) is 18.3 Å². The molecule has 0 radical (unpaired) electrons. The van der Waals surface area contributed by atoms with Gasteiger partial charge >= 0.3 is 0 Å². The number of benzene rings is 2. The minimum absolute atomic E-state index is 0.0930. The largest absolute Gasteiger partial charge is 0.308 e. The monoisotopic (exact) mass is 437 g/mol. The minimum Gasteiger partial charge on any atom is -0.308 e. The van der Waals surface area contributed by atoms with Crippen molar-refractivity contribution in [1.82, 2.24) is 14.3 Å². The van der Waals surface area contributed by atoms with Gasteiger partial charge in [0.2, 0.25) is 10.0 Å². The van der Waals surface area contributed by atoms with Gasteiger partial charge < -0.3 is 4.57 Å². The zero-order valence-electron chi connectivity index (χ0n) is 17.8. The van der Waals surface area contributed by atoms with Crippen LogP contribution in [0, 0.1) is 12.7 Å². The molecule has 1 N–H and O–H groups in total. The standard InChI is InChI=1S/C24H24FN3O2S/c1-16-12-22-17(13-20(16)25)14-23(28(22)18-8-6-5-7-9-18)21-11-10-19(15-26-21)31(29,30)27-24(2,3)4/h5-15,27H,1-4H3. The van der Waals surface area contributed by atoms with E-state index in [1.54, 1.807) is 33.8 Å². The van der Waals surface area contributed by atoms with Crippen LogP contribution in [-0.2, 0) is 10.0 Å². The van der Waals surface area contributed by atoms with Crippen molar-refractivity contribution in [3.63, 3.8) is 0 Å². The molecule has 0 aliphatic carbocycles. The lowest BCUT2D eigenvalue weighted by Gasteiger charge is -2.20. The molecule has 0 atom stereocenters. The smallest absolute Gasteiger partial charge is 0.242 e. The number of rotatable bonds is 4. The van der Waals surface area contributed by atoms with E-state index < -0.39 is 15.6 Å². The molecule has 0 amide bonds. The first-order valence-corrected chi connectivity index (χ1v) is 11.4. The molecule has 0 fully saturated rings. The minimum atomic E-state index is -3.68. The summed E-state index contributed by atoms with van der Waals surface area (Å²) in [6.45, 7) is 7.08. The Bertz CT molecular complexity index is 1350. The number of aryl methyl sites for hydroxylation is 1. The lowest BCUT2D eigenvalue weighted by atomic mass is 10.1. The Balaban J connectivity index is 1.87. The fraction of sp³-hybridized carbons (Fsp3) is 0.208. The highest BCUT2D eigenvalue weighted by Crippen LogP contribution is 2.32. The van der Waals surface area contributed by atoms with Crippen LogP contribution in [0.15, 0.2) is 71.8 Å². The van der Waals surface area contributed by atoms with E-state index >= 15 is 0 Å². The molecule has 5 nitrogen and oxygen atoms in total. The van der Waals surface area contributed by atoms with E-state index in [9.17, 15) is 12.8 Å². The van der Waals surface area contributed by atoms with Gasteiger partial charge in [-0.2, -0.15) is 0 Å². The van der Waals surface area contributed by atoms with Crippen molar-refractivity contribution in [3.05, 3.63) is 78.2 Å². The summed E-state index contributed by atoms with van der Waals surface area (Å²) in [5.74, 6) is -0.271. The molecule has 4 rings (SSSR count). The van der Waals surface area contributed by atoms with Gasteiger partial charge in [-0.15, -0.1) is 0 Å². The van der Waals surface area contributed by atoms with E-state index in [1.807, 2.05) is 47.0 Å². The zero-order chi connectivity index (χ0) is 22.4. The third kappa shape index (κ3) is 4.24. The number of nitrogens with zero attached hydrogens (tertiary/aromatic N) is 2. The van der Waals surface area contributed by atoms with Gasteiger partial charge in [-0.05, 0) is 75.7 Å². The zero-order valence-corrected chi connectivity index (χ0v) is 18.7.